The zero-order chi connectivity index (χ0) is 12.1. The van der Waals surface area contributed by atoms with E-state index in [4.69, 9.17) is 0 Å². The molecule has 1 aromatic rings. The molecule has 0 aliphatic heterocycles. The highest BCUT2D eigenvalue weighted by Gasteiger charge is 2.09. The van der Waals surface area contributed by atoms with Crippen molar-refractivity contribution in [3.8, 4) is 0 Å². The molecule has 0 radical (unpaired) electrons. The van der Waals surface area contributed by atoms with E-state index >= 15 is 0 Å². The predicted molar refractivity (Wildman–Crippen MR) is 65.8 cm³/mol. The molecule has 16 heavy (non-hydrogen) atoms. The Labute approximate surface area is 95.8 Å². The highest BCUT2D eigenvalue weighted by atomic mass is 16.6. The lowest BCUT2D eigenvalue weighted by Crippen LogP contribution is -2.17. The van der Waals surface area contributed by atoms with Crippen LogP contribution in [-0.2, 0) is 0 Å². The number of aryl methyl sites for hydroxylation is 1. The van der Waals surface area contributed by atoms with E-state index in [0.717, 1.165) is 24.1 Å². The van der Waals surface area contributed by atoms with Crippen molar-refractivity contribution in [3.63, 3.8) is 0 Å². The van der Waals surface area contributed by atoms with Crippen molar-refractivity contribution < 1.29 is 4.92 Å². The number of non-ortho nitro benzene ring substituents is 1. The Morgan fingerprint density at radius 3 is 2.44 bits per heavy atom. The second-order valence-corrected chi connectivity index (χ2v) is 3.91. The molecule has 1 rings (SSSR count). The summed E-state index contributed by atoms with van der Waals surface area (Å²) in [6, 6.07) is 5.36. The molecule has 0 bridgehead atoms. The molecule has 0 aromatic heterocycles. The molecule has 0 aliphatic rings. The summed E-state index contributed by atoms with van der Waals surface area (Å²) in [6.07, 6.45) is 2.10. The molecule has 1 N–H and O–H groups in total. The summed E-state index contributed by atoms with van der Waals surface area (Å²) >= 11 is 0. The van der Waals surface area contributed by atoms with Crippen LogP contribution in [0.3, 0.4) is 0 Å². The molecule has 0 amide bonds. The van der Waals surface area contributed by atoms with Gasteiger partial charge in [0.25, 0.3) is 5.69 Å². The number of nitro groups is 1. The third kappa shape index (κ3) is 2.95. The number of nitrogens with zero attached hydrogens (tertiary/aromatic N) is 1. The lowest BCUT2D eigenvalue weighted by atomic mass is 10.1. The van der Waals surface area contributed by atoms with Crippen LogP contribution in [0.5, 0.6) is 0 Å². The Morgan fingerprint density at radius 2 is 2.00 bits per heavy atom. The zero-order valence-electron chi connectivity index (χ0n) is 9.99. The molecule has 0 unspecified atom stereocenters. The molecule has 0 fully saturated rings. The van der Waals surface area contributed by atoms with Crippen molar-refractivity contribution in [3.05, 3.63) is 33.9 Å². The summed E-state index contributed by atoms with van der Waals surface area (Å²) < 4.78 is 0. The predicted octanol–water partition coefficient (Wildman–Crippen LogP) is 3.50. The molecular weight excluding hydrogens is 204 g/mol. The number of anilines is 1. The molecule has 1 aromatic carbocycles. The van der Waals surface area contributed by atoms with Crippen molar-refractivity contribution in [2.24, 2.45) is 0 Å². The van der Waals surface area contributed by atoms with Crippen LogP contribution in [0.15, 0.2) is 18.2 Å². The largest absolute Gasteiger partial charge is 0.382 e. The Balaban J connectivity index is 2.86. The van der Waals surface area contributed by atoms with Crippen molar-refractivity contribution in [1.82, 2.24) is 0 Å². The molecule has 4 nitrogen and oxygen atoms in total. The van der Waals surface area contributed by atoms with Gasteiger partial charge in [-0.2, -0.15) is 0 Å². The van der Waals surface area contributed by atoms with Gasteiger partial charge in [-0.25, -0.2) is 0 Å². The number of hydrogen-bond acceptors (Lipinski definition) is 3. The second kappa shape index (κ2) is 5.49. The van der Waals surface area contributed by atoms with Gasteiger partial charge in [0.15, 0.2) is 0 Å². The van der Waals surface area contributed by atoms with Crippen LogP contribution in [0.2, 0.25) is 0 Å². The fourth-order valence-corrected chi connectivity index (χ4v) is 1.64. The smallest absolute Gasteiger partial charge is 0.269 e. The molecule has 0 heterocycles. The van der Waals surface area contributed by atoms with E-state index in [-0.39, 0.29) is 10.6 Å². The molecule has 88 valence electrons. The van der Waals surface area contributed by atoms with E-state index in [1.807, 2.05) is 6.92 Å². The minimum Gasteiger partial charge on any atom is -0.382 e. The Hall–Kier alpha value is -1.58. The van der Waals surface area contributed by atoms with Gasteiger partial charge in [0.2, 0.25) is 0 Å². The summed E-state index contributed by atoms with van der Waals surface area (Å²) in [5, 5.41) is 14.0. The molecular formula is C12H18N2O2. The van der Waals surface area contributed by atoms with Gasteiger partial charge in [-0.1, -0.05) is 13.8 Å². The second-order valence-electron chi connectivity index (χ2n) is 3.91. The van der Waals surface area contributed by atoms with Crippen LogP contribution < -0.4 is 5.32 Å². The molecule has 0 atom stereocenters. The van der Waals surface area contributed by atoms with Crippen molar-refractivity contribution in [2.45, 2.75) is 39.7 Å². The van der Waals surface area contributed by atoms with E-state index in [0.29, 0.717) is 6.04 Å². The summed E-state index contributed by atoms with van der Waals surface area (Å²) in [7, 11) is 0. The van der Waals surface area contributed by atoms with Gasteiger partial charge in [-0.05, 0) is 31.4 Å². The highest BCUT2D eigenvalue weighted by molar-refractivity contribution is 5.55. The normalized spacial score (nSPS) is 10.5. The van der Waals surface area contributed by atoms with E-state index in [9.17, 15) is 10.1 Å². The fourth-order valence-electron chi connectivity index (χ4n) is 1.64. The van der Waals surface area contributed by atoms with Gasteiger partial charge in [-0.15, -0.1) is 0 Å². The molecule has 4 heteroatoms. The van der Waals surface area contributed by atoms with E-state index in [1.165, 1.54) is 6.07 Å². The van der Waals surface area contributed by atoms with Gasteiger partial charge in [-0.3, -0.25) is 10.1 Å². The van der Waals surface area contributed by atoms with Crippen LogP contribution in [0.4, 0.5) is 11.4 Å². The van der Waals surface area contributed by atoms with Crippen molar-refractivity contribution in [2.75, 3.05) is 5.32 Å². The standard InChI is InChI=1S/C12H18N2O2/c1-4-10(5-2)13-12-7-6-11(14(15)16)8-9(12)3/h6-8,10,13H,4-5H2,1-3H3. The molecule has 0 saturated carbocycles. The van der Waals surface area contributed by atoms with E-state index in [2.05, 4.69) is 19.2 Å². The van der Waals surface area contributed by atoms with E-state index in [1.54, 1.807) is 12.1 Å². The van der Waals surface area contributed by atoms with Crippen molar-refractivity contribution in [1.29, 1.82) is 0 Å². The number of nitro benzene ring substituents is 1. The third-order valence-electron chi connectivity index (χ3n) is 2.77. The lowest BCUT2D eigenvalue weighted by molar-refractivity contribution is -0.384. The monoisotopic (exact) mass is 222 g/mol. The Kier molecular flexibility index (Phi) is 4.28. The molecule has 0 aliphatic carbocycles. The number of nitrogens with one attached hydrogen (secondary N) is 1. The SMILES string of the molecule is CCC(CC)Nc1ccc([N+](=O)[O-])cc1C. The average molecular weight is 222 g/mol. The van der Waals surface area contributed by atoms with Gasteiger partial charge < -0.3 is 5.32 Å². The first-order chi connectivity index (χ1) is 7.58. The maximum Gasteiger partial charge on any atom is 0.269 e. The third-order valence-corrected chi connectivity index (χ3v) is 2.77. The quantitative estimate of drug-likeness (QED) is 0.612. The summed E-state index contributed by atoms with van der Waals surface area (Å²) in [5.74, 6) is 0. The van der Waals surface area contributed by atoms with Crippen LogP contribution >= 0.6 is 0 Å². The maximum absolute atomic E-state index is 10.6. The number of rotatable bonds is 5. The van der Waals surface area contributed by atoms with Gasteiger partial charge in [0.05, 0.1) is 4.92 Å². The molecule has 0 spiro atoms. The Morgan fingerprint density at radius 1 is 1.38 bits per heavy atom. The molecule has 0 saturated heterocycles. The first-order valence-electron chi connectivity index (χ1n) is 5.60. The van der Waals surface area contributed by atoms with Gasteiger partial charge in [0.1, 0.15) is 0 Å². The highest BCUT2D eigenvalue weighted by Crippen LogP contribution is 2.22. The number of benzene rings is 1. The zero-order valence-corrected chi connectivity index (χ0v) is 9.99. The minimum atomic E-state index is -0.367. The topological polar surface area (TPSA) is 55.2 Å². The average Bonchev–Trinajstić information content (AvgIpc) is 2.27. The maximum atomic E-state index is 10.6. The minimum absolute atomic E-state index is 0.146. The van der Waals surface area contributed by atoms with Crippen LogP contribution in [0.1, 0.15) is 32.3 Å². The van der Waals surface area contributed by atoms with Crippen LogP contribution in [0, 0.1) is 17.0 Å². The van der Waals surface area contributed by atoms with Gasteiger partial charge in [0, 0.05) is 23.9 Å². The van der Waals surface area contributed by atoms with Crippen molar-refractivity contribution >= 4 is 11.4 Å². The first-order valence-corrected chi connectivity index (χ1v) is 5.60. The summed E-state index contributed by atoms with van der Waals surface area (Å²) in [5.41, 5.74) is 2.05. The summed E-state index contributed by atoms with van der Waals surface area (Å²) in [4.78, 5) is 10.2. The van der Waals surface area contributed by atoms with Crippen LogP contribution in [0.25, 0.3) is 0 Å². The lowest BCUT2D eigenvalue weighted by Gasteiger charge is -2.17. The summed E-state index contributed by atoms with van der Waals surface area (Å²) in [6.45, 7) is 6.14. The van der Waals surface area contributed by atoms with Crippen LogP contribution in [-0.4, -0.2) is 11.0 Å². The fraction of sp³-hybridized carbons (Fsp3) is 0.500. The number of hydrogen-bond donors (Lipinski definition) is 1. The first kappa shape index (κ1) is 12.5. The van der Waals surface area contributed by atoms with Gasteiger partial charge >= 0.3 is 0 Å². The van der Waals surface area contributed by atoms with E-state index < -0.39 is 0 Å². The Bertz CT molecular complexity index is 373.